The minimum absolute atomic E-state index is 0.239. The Bertz CT molecular complexity index is 713. The van der Waals surface area contributed by atoms with Gasteiger partial charge in [-0.05, 0) is 0 Å². The summed E-state index contributed by atoms with van der Waals surface area (Å²) in [6, 6.07) is 0. The van der Waals surface area contributed by atoms with Crippen LogP contribution in [0.5, 0.6) is 0 Å². The van der Waals surface area contributed by atoms with E-state index >= 15 is 0 Å². The fraction of sp³-hybridized carbons (Fsp3) is 0.871. The van der Waals surface area contributed by atoms with Gasteiger partial charge in [-0.1, -0.05) is 0 Å². The molecule has 0 saturated carbocycles. The second kappa shape index (κ2) is 35.7. The molecule has 0 aromatic rings. The normalized spacial score (nSPS) is 13.1. The van der Waals surface area contributed by atoms with E-state index in [2.05, 4.69) is 0 Å². The second-order valence-corrected chi connectivity index (χ2v) is 9.50. The van der Waals surface area contributed by atoms with Crippen molar-refractivity contribution in [1.82, 2.24) is 4.90 Å². The summed E-state index contributed by atoms with van der Waals surface area (Å²) in [5, 5.41) is 0. The lowest BCUT2D eigenvalue weighted by atomic mass is 10.5. The summed E-state index contributed by atoms with van der Waals surface area (Å²) in [5.41, 5.74) is 0. The van der Waals surface area contributed by atoms with Gasteiger partial charge in [-0.15, -0.1) is 0 Å². The highest BCUT2D eigenvalue weighted by Crippen LogP contribution is 2.02. The van der Waals surface area contributed by atoms with Crippen LogP contribution in [-0.2, 0) is 71.2 Å². The molecule has 1 heterocycles. The first kappa shape index (κ1) is 43.4. The average molecular weight is 684 g/mol. The number of imide groups is 1. The molecular weight excluding hydrogens is 626 g/mol. The third-order valence-electron chi connectivity index (χ3n) is 5.88. The summed E-state index contributed by atoms with van der Waals surface area (Å²) >= 11 is 0. The van der Waals surface area contributed by atoms with Gasteiger partial charge in [-0.3, -0.25) is 14.5 Å². The molecule has 2 amide bonds. The monoisotopic (exact) mass is 683 g/mol. The predicted molar refractivity (Wildman–Crippen MR) is 168 cm³/mol. The molecule has 16 heteroatoms. The Labute approximate surface area is 279 Å². The minimum Gasteiger partial charge on any atom is -0.382 e. The predicted octanol–water partition coefficient (Wildman–Crippen LogP) is -0.243. The van der Waals surface area contributed by atoms with Crippen LogP contribution < -0.4 is 0 Å². The topological polar surface area (TPSA) is 157 Å². The molecule has 1 aliphatic heterocycles. The van der Waals surface area contributed by atoms with E-state index in [0.29, 0.717) is 159 Å². The SMILES string of the molecule is COCCOCCOCCOCCOCCOCCOCCOCCOCCOCCOCCOCCOCCN1C(=O)C=CC1=O. The van der Waals surface area contributed by atoms with Gasteiger partial charge in [-0.2, -0.15) is 0 Å². The number of amides is 2. The standard InChI is InChI=1S/C31H57NO15/c1-35-6-7-37-10-11-39-14-15-41-18-19-43-22-23-45-26-27-47-29-28-46-25-24-44-21-20-42-17-16-40-13-12-38-9-8-36-5-4-32-30(33)2-3-31(32)34/h2-3H,4-29H2,1H3. The van der Waals surface area contributed by atoms with Gasteiger partial charge in [0.1, 0.15) is 0 Å². The lowest BCUT2D eigenvalue weighted by Crippen LogP contribution is -2.33. The number of carbonyl (C=O) groups excluding carboxylic acids is 2. The van der Waals surface area contributed by atoms with E-state index in [0.717, 1.165) is 4.90 Å². The molecular formula is C31H57NO15. The average Bonchev–Trinajstić information content (AvgIpc) is 3.40. The van der Waals surface area contributed by atoms with Crippen LogP contribution in [0.15, 0.2) is 12.2 Å². The summed E-state index contributed by atoms with van der Waals surface area (Å²) < 4.78 is 70.0. The Kier molecular flexibility index (Phi) is 32.9. The summed E-state index contributed by atoms with van der Waals surface area (Å²) in [6.45, 7) is 12.4. The van der Waals surface area contributed by atoms with Crippen molar-refractivity contribution in [2.75, 3.05) is 179 Å². The van der Waals surface area contributed by atoms with Gasteiger partial charge in [0.2, 0.25) is 0 Å². The first-order valence-corrected chi connectivity index (χ1v) is 16.2. The summed E-state index contributed by atoms with van der Waals surface area (Å²) in [6.07, 6.45) is 2.51. The largest absolute Gasteiger partial charge is 0.382 e. The summed E-state index contributed by atoms with van der Waals surface area (Å²) in [5.74, 6) is -0.615. The molecule has 47 heavy (non-hydrogen) atoms. The van der Waals surface area contributed by atoms with Crippen molar-refractivity contribution in [1.29, 1.82) is 0 Å². The van der Waals surface area contributed by atoms with Crippen LogP contribution in [0.4, 0.5) is 0 Å². The van der Waals surface area contributed by atoms with Crippen molar-refractivity contribution >= 4 is 11.8 Å². The minimum atomic E-state index is -0.307. The number of ether oxygens (including phenoxy) is 13. The Hall–Kier alpha value is -1.64. The first-order valence-electron chi connectivity index (χ1n) is 16.2. The number of nitrogens with zero attached hydrogens (tertiary/aromatic N) is 1. The molecule has 0 aromatic heterocycles. The highest BCUT2D eigenvalue weighted by atomic mass is 16.6. The fourth-order valence-electron chi connectivity index (χ4n) is 3.47. The molecule has 0 aliphatic carbocycles. The number of methoxy groups -OCH3 is 1. The van der Waals surface area contributed by atoms with Crippen molar-refractivity contribution in [3.63, 3.8) is 0 Å². The van der Waals surface area contributed by atoms with E-state index in [4.69, 9.17) is 61.6 Å². The Morgan fingerprint density at radius 1 is 0.340 bits per heavy atom. The van der Waals surface area contributed by atoms with Gasteiger partial charge < -0.3 is 61.6 Å². The maximum atomic E-state index is 11.4. The maximum absolute atomic E-state index is 11.4. The third-order valence-corrected chi connectivity index (χ3v) is 5.88. The molecule has 0 atom stereocenters. The zero-order valence-corrected chi connectivity index (χ0v) is 28.1. The molecule has 0 saturated heterocycles. The van der Waals surface area contributed by atoms with Crippen LogP contribution >= 0.6 is 0 Å². The van der Waals surface area contributed by atoms with Gasteiger partial charge in [0, 0.05) is 19.3 Å². The highest BCUT2D eigenvalue weighted by molar-refractivity contribution is 6.12. The molecule has 0 spiro atoms. The Morgan fingerprint density at radius 2 is 0.532 bits per heavy atom. The molecule has 16 nitrogen and oxygen atoms in total. The van der Waals surface area contributed by atoms with E-state index in [1.54, 1.807) is 7.11 Å². The van der Waals surface area contributed by atoms with Crippen LogP contribution in [-0.4, -0.2) is 196 Å². The molecule has 0 N–H and O–H groups in total. The molecule has 0 radical (unpaired) electrons. The van der Waals surface area contributed by atoms with Crippen molar-refractivity contribution in [2.45, 2.75) is 0 Å². The van der Waals surface area contributed by atoms with E-state index in [9.17, 15) is 9.59 Å². The van der Waals surface area contributed by atoms with Gasteiger partial charge in [-0.25, -0.2) is 0 Å². The van der Waals surface area contributed by atoms with Crippen LogP contribution in [0.25, 0.3) is 0 Å². The number of hydrogen-bond acceptors (Lipinski definition) is 15. The van der Waals surface area contributed by atoms with Crippen molar-refractivity contribution in [2.24, 2.45) is 0 Å². The quantitative estimate of drug-likeness (QED) is 0.0617. The molecule has 0 unspecified atom stereocenters. The lowest BCUT2D eigenvalue weighted by molar-refractivity contribution is -0.137. The van der Waals surface area contributed by atoms with Crippen molar-refractivity contribution in [3.05, 3.63) is 12.2 Å². The number of hydrogen-bond donors (Lipinski definition) is 0. The first-order chi connectivity index (χ1) is 23.3. The molecule has 0 aromatic carbocycles. The van der Waals surface area contributed by atoms with Crippen LogP contribution in [0.1, 0.15) is 0 Å². The van der Waals surface area contributed by atoms with E-state index in [1.165, 1.54) is 12.2 Å². The summed E-state index contributed by atoms with van der Waals surface area (Å²) in [7, 11) is 1.64. The highest BCUT2D eigenvalue weighted by Gasteiger charge is 2.22. The van der Waals surface area contributed by atoms with Crippen LogP contribution in [0.3, 0.4) is 0 Å². The maximum Gasteiger partial charge on any atom is 0.253 e. The molecule has 0 bridgehead atoms. The summed E-state index contributed by atoms with van der Waals surface area (Å²) in [4.78, 5) is 23.9. The van der Waals surface area contributed by atoms with E-state index < -0.39 is 0 Å². The van der Waals surface area contributed by atoms with E-state index in [1.807, 2.05) is 0 Å². The molecule has 1 aliphatic rings. The van der Waals surface area contributed by atoms with Gasteiger partial charge in [0.15, 0.2) is 0 Å². The lowest BCUT2D eigenvalue weighted by Gasteiger charge is -2.13. The molecule has 0 fully saturated rings. The molecule has 276 valence electrons. The van der Waals surface area contributed by atoms with Gasteiger partial charge >= 0.3 is 0 Å². The van der Waals surface area contributed by atoms with Crippen LogP contribution in [0, 0.1) is 0 Å². The number of rotatable bonds is 39. The smallest absolute Gasteiger partial charge is 0.253 e. The van der Waals surface area contributed by atoms with Crippen molar-refractivity contribution in [3.8, 4) is 0 Å². The van der Waals surface area contributed by atoms with Crippen molar-refractivity contribution < 1.29 is 71.2 Å². The van der Waals surface area contributed by atoms with Gasteiger partial charge in [0.25, 0.3) is 11.8 Å². The third kappa shape index (κ3) is 30.2. The Balaban J connectivity index is 1.62. The fourth-order valence-corrected chi connectivity index (χ4v) is 3.47. The van der Waals surface area contributed by atoms with Gasteiger partial charge in [0.05, 0.1) is 172 Å². The van der Waals surface area contributed by atoms with E-state index in [-0.39, 0.29) is 25.0 Å². The number of carbonyl (C=O) groups is 2. The Morgan fingerprint density at radius 3 is 0.745 bits per heavy atom. The van der Waals surface area contributed by atoms with Crippen LogP contribution in [0.2, 0.25) is 0 Å². The molecule has 1 rings (SSSR count). The zero-order valence-electron chi connectivity index (χ0n) is 28.1. The zero-order chi connectivity index (χ0) is 33.7. The second-order valence-electron chi connectivity index (χ2n) is 9.50.